The van der Waals surface area contributed by atoms with Gasteiger partial charge in [0.15, 0.2) is 17.5 Å². The molecule has 5 heteroatoms. The predicted molar refractivity (Wildman–Crippen MR) is 219 cm³/mol. The lowest BCUT2D eigenvalue weighted by Gasteiger charge is -2.10. The SMILES string of the molecule is c1ccc(-c2ccc(-c3nc(-c4ccc(-c5ccccc5)cc4)nc(-c4cccc5c4oc4c6ccccc6c6c7ccccc7oc6c54)n3)cc2)cc1. The van der Waals surface area contributed by atoms with Crippen LogP contribution in [0.3, 0.4) is 0 Å². The Morgan fingerprint density at radius 2 is 0.759 bits per heavy atom. The van der Waals surface area contributed by atoms with Crippen molar-refractivity contribution in [3.05, 3.63) is 176 Å². The van der Waals surface area contributed by atoms with Gasteiger partial charge in [-0.2, -0.15) is 0 Å². The highest BCUT2D eigenvalue weighted by atomic mass is 16.3. The third kappa shape index (κ3) is 4.83. The largest absolute Gasteiger partial charge is 0.455 e. The maximum absolute atomic E-state index is 6.92. The van der Waals surface area contributed by atoms with E-state index >= 15 is 0 Å². The van der Waals surface area contributed by atoms with Crippen LogP contribution in [0.5, 0.6) is 0 Å². The quantitative estimate of drug-likeness (QED) is 0.180. The Balaban J connectivity index is 1.13. The zero-order valence-electron chi connectivity index (χ0n) is 28.9. The van der Waals surface area contributed by atoms with Crippen LogP contribution in [0.1, 0.15) is 0 Å². The number of aromatic nitrogens is 3. The minimum atomic E-state index is 0.532. The van der Waals surface area contributed by atoms with Gasteiger partial charge in [-0.3, -0.25) is 0 Å². The Morgan fingerprint density at radius 1 is 0.278 bits per heavy atom. The fourth-order valence-electron chi connectivity index (χ4n) is 7.74. The summed E-state index contributed by atoms with van der Waals surface area (Å²) in [5, 5.41) is 6.18. The molecule has 8 aromatic carbocycles. The van der Waals surface area contributed by atoms with Crippen molar-refractivity contribution in [2.45, 2.75) is 0 Å². The van der Waals surface area contributed by atoms with Gasteiger partial charge in [0.05, 0.1) is 10.9 Å². The molecule has 0 aliphatic rings. The molecule has 5 nitrogen and oxygen atoms in total. The van der Waals surface area contributed by atoms with Gasteiger partial charge in [0.25, 0.3) is 0 Å². The molecule has 0 radical (unpaired) electrons. The summed E-state index contributed by atoms with van der Waals surface area (Å²) >= 11 is 0. The number of rotatable bonds is 5. The first-order valence-electron chi connectivity index (χ1n) is 18.0. The Kier molecular flexibility index (Phi) is 6.79. The molecule has 0 amide bonds. The number of furan rings is 2. The lowest BCUT2D eigenvalue weighted by Crippen LogP contribution is -2.00. The number of fused-ring (bicyclic) bond motifs is 10. The molecule has 0 N–H and O–H groups in total. The van der Waals surface area contributed by atoms with Crippen LogP contribution >= 0.6 is 0 Å². The van der Waals surface area contributed by atoms with Gasteiger partial charge in [0.1, 0.15) is 22.3 Å². The Morgan fingerprint density at radius 3 is 1.39 bits per heavy atom. The Bertz CT molecular complexity index is 3080. The summed E-state index contributed by atoms with van der Waals surface area (Å²) in [7, 11) is 0. The fourth-order valence-corrected chi connectivity index (χ4v) is 7.74. The molecule has 11 rings (SSSR count). The van der Waals surface area contributed by atoms with E-state index in [1.54, 1.807) is 0 Å². The maximum atomic E-state index is 6.92. The first kappa shape index (κ1) is 30.3. The fraction of sp³-hybridized carbons (Fsp3) is 0. The summed E-state index contributed by atoms with van der Waals surface area (Å²) < 4.78 is 13.5. The van der Waals surface area contributed by atoms with Crippen LogP contribution in [-0.4, -0.2) is 15.0 Å². The van der Waals surface area contributed by atoms with Crippen LogP contribution < -0.4 is 0 Å². The van der Waals surface area contributed by atoms with Crippen molar-refractivity contribution in [2.75, 3.05) is 0 Å². The third-order valence-corrected chi connectivity index (χ3v) is 10.4. The molecule has 0 bridgehead atoms. The second-order valence-corrected chi connectivity index (χ2v) is 13.5. The molecular weight excluding hydrogens is 663 g/mol. The average Bonchev–Trinajstić information content (AvgIpc) is 3.84. The van der Waals surface area contributed by atoms with E-state index in [0.717, 1.165) is 88.0 Å². The van der Waals surface area contributed by atoms with Gasteiger partial charge in [0.2, 0.25) is 0 Å². The van der Waals surface area contributed by atoms with Crippen molar-refractivity contribution < 1.29 is 8.83 Å². The predicted octanol–water partition coefficient (Wildman–Crippen LogP) is 13.2. The molecule has 0 saturated carbocycles. The van der Waals surface area contributed by atoms with E-state index in [4.69, 9.17) is 23.8 Å². The lowest BCUT2D eigenvalue weighted by molar-refractivity contribution is 0.665. The van der Waals surface area contributed by atoms with Crippen molar-refractivity contribution in [3.63, 3.8) is 0 Å². The molecule has 0 spiro atoms. The standard InChI is InChI=1S/C49H29N3O2/c1-3-12-30(13-4-1)32-22-26-34(27-23-32)47-50-48(35-28-24-33(25-29-35)31-14-5-2-6-15-31)52-49(51-47)40-20-11-19-39-43-45(54-44(39)40)37-17-8-7-16-36(37)42-38-18-9-10-21-41(38)53-46(42)43/h1-29H. The first-order valence-corrected chi connectivity index (χ1v) is 18.0. The summed E-state index contributed by atoms with van der Waals surface area (Å²) in [6.07, 6.45) is 0. The van der Waals surface area contributed by atoms with Crippen LogP contribution in [0.15, 0.2) is 185 Å². The van der Waals surface area contributed by atoms with Crippen LogP contribution in [0, 0.1) is 0 Å². The molecule has 54 heavy (non-hydrogen) atoms. The van der Waals surface area contributed by atoms with Crippen molar-refractivity contribution in [2.24, 2.45) is 0 Å². The molecule has 0 aliphatic carbocycles. The van der Waals surface area contributed by atoms with E-state index in [9.17, 15) is 0 Å². The first-order chi connectivity index (χ1) is 26.8. The molecule has 3 aromatic heterocycles. The smallest absolute Gasteiger partial charge is 0.167 e. The van der Waals surface area contributed by atoms with E-state index < -0.39 is 0 Å². The molecular formula is C49H29N3O2. The average molecular weight is 692 g/mol. The monoisotopic (exact) mass is 691 g/mol. The highest BCUT2D eigenvalue weighted by Gasteiger charge is 2.23. The van der Waals surface area contributed by atoms with Crippen molar-refractivity contribution in [1.82, 2.24) is 15.0 Å². The molecule has 0 aliphatic heterocycles. The number of benzene rings is 8. The molecule has 0 fully saturated rings. The van der Waals surface area contributed by atoms with Crippen LogP contribution in [0.25, 0.3) is 111 Å². The molecule has 252 valence electrons. The van der Waals surface area contributed by atoms with E-state index in [0.29, 0.717) is 23.1 Å². The second kappa shape index (κ2) is 12.1. The van der Waals surface area contributed by atoms with E-state index in [-0.39, 0.29) is 0 Å². The van der Waals surface area contributed by atoms with Crippen LogP contribution in [0.4, 0.5) is 0 Å². The summed E-state index contributed by atoms with van der Waals surface area (Å²) in [4.78, 5) is 15.3. The number of hydrogen-bond acceptors (Lipinski definition) is 5. The maximum Gasteiger partial charge on any atom is 0.167 e. The lowest BCUT2D eigenvalue weighted by atomic mass is 9.99. The Hall–Kier alpha value is -7.37. The normalized spacial score (nSPS) is 11.7. The van der Waals surface area contributed by atoms with Gasteiger partial charge >= 0.3 is 0 Å². The van der Waals surface area contributed by atoms with Crippen LogP contribution in [-0.2, 0) is 0 Å². The number of nitrogens with zero attached hydrogens (tertiary/aromatic N) is 3. The zero-order chi connectivity index (χ0) is 35.6. The van der Waals surface area contributed by atoms with Gasteiger partial charge in [-0.05, 0) is 39.8 Å². The third-order valence-electron chi connectivity index (χ3n) is 10.4. The Labute approximate surface area is 309 Å². The summed E-state index contributed by atoms with van der Waals surface area (Å²) in [5.74, 6) is 1.70. The van der Waals surface area contributed by atoms with Crippen molar-refractivity contribution >= 4 is 54.6 Å². The number of hydrogen-bond donors (Lipinski definition) is 0. The van der Waals surface area contributed by atoms with Gasteiger partial charge in [-0.25, -0.2) is 15.0 Å². The molecule has 11 aromatic rings. The zero-order valence-corrected chi connectivity index (χ0v) is 28.9. The highest BCUT2D eigenvalue weighted by molar-refractivity contribution is 6.34. The topological polar surface area (TPSA) is 65.0 Å². The minimum absolute atomic E-state index is 0.532. The van der Waals surface area contributed by atoms with Gasteiger partial charge < -0.3 is 8.83 Å². The minimum Gasteiger partial charge on any atom is -0.455 e. The van der Waals surface area contributed by atoms with E-state index in [1.807, 2.05) is 36.4 Å². The van der Waals surface area contributed by atoms with Crippen LogP contribution in [0.2, 0.25) is 0 Å². The molecule has 0 atom stereocenters. The van der Waals surface area contributed by atoms with Gasteiger partial charge in [-0.15, -0.1) is 0 Å². The van der Waals surface area contributed by atoms with E-state index in [2.05, 4.69) is 140 Å². The summed E-state index contributed by atoms with van der Waals surface area (Å²) in [5.41, 5.74) is 10.3. The second-order valence-electron chi connectivity index (χ2n) is 13.5. The van der Waals surface area contributed by atoms with Crippen molar-refractivity contribution in [3.8, 4) is 56.4 Å². The molecule has 3 heterocycles. The van der Waals surface area contributed by atoms with Crippen molar-refractivity contribution in [1.29, 1.82) is 0 Å². The van der Waals surface area contributed by atoms with Gasteiger partial charge in [0, 0.05) is 32.7 Å². The van der Waals surface area contributed by atoms with E-state index in [1.165, 1.54) is 0 Å². The summed E-state index contributed by atoms with van der Waals surface area (Å²) in [6, 6.07) is 60.3. The van der Waals surface area contributed by atoms with Gasteiger partial charge in [-0.1, -0.05) is 164 Å². The molecule has 0 saturated heterocycles. The number of para-hydroxylation sites is 2. The summed E-state index contributed by atoms with van der Waals surface area (Å²) in [6.45, 7) is 0. The highest BCUT2D eigenvalue weighted by Crippen LogP contribution is 2.46. The molecule has 0 unspecified atom stereocenters.